The molecule has 6 heteroatoms. The van der Waals surface area contributed by atoms with Gasteiger partial charge in [-0.05, 0) is 30.5 Å². The number of hydrogen-bond acceptors (Lipinski definition) is 4. The van der Waals surface area contributed by atoms with Crippen LogP contribution in [0.2, 0.25) is 0 Å². The number of hydrogen-bond donors (Lipinski definition) is 2. The summed E-state index contributed by atoms with van der Waals surface area (Å²) in [5.41, 5.74) is 2.10. The third-order valence-electron chi connectivity index (χ3n) is 4.21. The first-order valence-corrected chi connectivity index (χ1v) is 9.00. The Bertz CT molecular complexity index is 800. The summed E-state index contributed by atoms with van der Waals surface area (Å²) >= 11 is 0. The number of esters is 1. The van der Waals surface area contributed by atoms with E-state index >= 15 is 0 Å². The van der Waals surface area contributed by atoms with Gasteiger partial charge in [0.05, 0.1) is 0 Å². The third kappa shape index (κ3) is 6.42. The van der Waals surface area contributed by atoms with E-state index in [2.05, 4.69) is 23.0 Å². The molecule has 0 bridgehead atoms. The largest absolute Gasteiger partial charge is 0.481 e. The first-order valence-electron chi connectivity index (χ1n) is 9.00. The number of carboxylic acid groups (broad SMARTS) is 1. The van der Waals surface area contributed by atoms with Gasteiger partial charge >= 0.3 is 11.9 Å². The molecule has 0 aliphatic rings. The van der Waals surface area contributed by atoms with Crippen LogP contribution in [0.1, 0.15) is 24.8 Å². The van der Waals surface area contributed by atoms with Crippen molar-refractivity contribution in [1.29, 1.82) is 0 Å². The summed E-state index contributed by atoms with van der Waals surface area (Å²) in [5.74, 6) is -0.883. The highest BCUT2D eigenvalue weighted by Gasteiger charge is 2.10. The number of aromatic amines is 1. The molecule has 0 amide bonds. The highest BCUT2D eigenvalue weighted by molar-refractivity contribution is 5.85. The number of H-pyrrole nitrogens is 1. The minimum absolute atomic E-state index is 0.0388. The van der Waals surface area contributed by atoms with E-state index in [0.717, 1.165) is 37.0 Å². The van der Waals surface area contributed by atoms with E-state index in [4.69, 9.17) is 9.84 Å². The molecular weight excluding hydrogens is 344 g/mol. The topological polar surface area (TPSA) is 82.6 Å². The van der Waals surface area contributed by atoms with Crippen LogP contribution >= 0.6 is 0 Å². The van der Waals surface area contributed by atoms with Gasteiger partial charge in [0.2, 0.25) is 0 Å². The van der Waals surface area contributed by atoms with Crippen molar-refractivity contribution in [3.05, 3.63) is 55.3 Å². The average Bonchev–Trinajstić information content (AvgIpc) is 3.02. The van der Waals surface area contributed by atoms with Crippen LogP contribution in [0.4, 0.5) is 0 Å². The number of carbonyl (C=O) groups excluding carboxylic acids is 1. The molecule has 2 N–H and O–H groups in total. The van der Waals surface area contributed by atoms with Crippen molar-refractivity contribution < 1.29 is 19.4 Å². The third-order valence-corrected chi connectivity index (χ3v) is 4.21. The number of carbonyl (C=O) groups is 2. The van der Waals surface area contributed by atoms with Crippen molar-refractivity contribution in [2.75, 3.05) is 19.6 Å². The lowest BCUT2D eigenvalue weighted by Crippen LogP contribution is -2.26. The van der Waals surface area contributed by atoms with Gasteiger partial charge in [-0.3, -0.25) is 14.5 Å². The van der Waals surface area contributed by atoms with E-state index in [1.165, 1.54) is 5.56 Å². The van der Waals surface area contributed by atoms with Crippen molar-refractivity contribution in [2.45, 2.75) is 25.7 Å². The van der Waals surface area contributed by atoms with Gasteiger partial charge in [-0.1, -0.05) is 12.2 Å². The van der Waals surface area contributed by atoms with Crippen molar-refractivity contribution in [2.24, 2.45) is 0 Å². The minimum Gasteiger partial charge on any atom is -0.481 e. The molecule has 144 valence electrons. The summed E-state index contributed by atoms with van der Waals surface area (Å²) in [6.45, 7) is 10.1. The van der Waals surface area contributed by atoms with Crippen LogP contribution in [0.5, 0.6) is 5.75 Å². The highest BCUT2D eigenvalue weighted by Crippen LogP contribution is 2.24. The number of nitrogens with one attached hydrogen (secondary N) is 1. The Kier molecular flexibility index (Phi) is 7.82. The Labute approximate surface area is 159 Å². The van der Waals surface area contributed by atoms with Gasteiger partial charge in [0.1, 0.15) is 5.75 Å². The van der Waals surface area contributed by atoms with Gasteiger partial charge in [0, 0.05) is 55.6 Å². The van der Waals surface area contributed by atoms with E-state index in [-0.39, 0.29) is 19.3 Å². The fourth-order valence-electron chi connectivity index (χ4n) is 2.90. The Morgan fingerprint density at radius 3 is 2.59 bits per heavy atom. The van der Waals surface area contributed by atoms with E-state index in [0.29, 0.717) is 5.75 Å². The number of aromatic nitrogens is 1. The Balaban J connectivity index is 1.97. The zero-order chi connectivity index (χ0) is 19.6. The SMILES string of the molecule is C=CCN(CC=C)CCc1c[nH]c2cc(OC(=O)CCCC(=O)O)ccc12. The van der Waals surface area contributed by atoms with E-state index in [1.807, 2.05) is 24.4 Å². The monoisotopic (exact) mass is 370 g/mol. The number of benzene rings is 1. The van der Waals surface area contributed by atoms with Crippen LogP contribution in [-0.2, 0) is 16.0 Å². The van der Waals surface area contributed by atoms with E-state index in [1.54, 1.807) is 12.1 Å². The second kappa shape index (κ2) is 10.3. The van der Waals surface area contributed by atoms with Crippen LogP contribution in [0.25, 0.3) is 10.9 Å². The van der Waals surface area contributed by atoms with Gasteiger partial charge in [-0.2, -0.15) is 0 Å². The molecule has 0 unspecified atom stereocenters. The standard InChI is InChI=1S/C21H26N2O4/c1-3-11-23(12-4-2)13-10-16-15-22-19-14-17(8-9-18(16)19)27-21(26)7-5-6-20(24)25/h3-4,8-9,14-15,22H,1-2,5-7,10-13H2,(H,24,25). The molecule has 0 aliphatic heterocycles. The molecular formula is C21H26N2O4. The molecule has 2 rings (SSSR count). The normalized spacial score (nSPS) is 10.9. The van der Waals surface area contributed by atoms with Crippen molar-refractivity contribution in [3.63, 3.8) is 0 Å². The first-order chi connectivity index (χ1) is 13.0. The van der Waals surface area contributed by atoms with Crippen molar-refractivity contribution in [1.82, 2.24) is 9.88 Å². The number of aliphatic carboxylic acids is 1. The van der Waals surface area contributed by atoms with Crippen LogP contribution in [-0.4, -0.2) is 46.6 Å². The summed E-state index contributed by atoms with van der Waals surface area (Å²) in [6, 6.07) is 5.49. The minimum atomic E-state index is -0.914. The lowest BCUT2D eigenvalue weighted by molar-refractivity contribution is -0.137. The van der Waals surface area contributed by atoms with Gasteiger partial charge < -0.3 is 14.8 Å². The van der Waals surface area contributed by atoms with Crippen LogP contribution in [0.15, 0.2) is 49.7 Å². The van der Waals surface area contributed by atoms with Crippen LogP contribution in [0, 0.1) is 0 Å². The van der Waals surface area contributed by atoms with E-state index in [9.17, 15) is 9.59 Å². The Morgan fingerprint density at radius 1 is 1.19 bits per heavy atom. The molecule has 0 fully saturated rings. The summed E-state index contributed by atoms with van der Waals surface area (Å²) in [6.07, 6.45) is 6.95. The number of rotatable bonds is 12. The molecule has 2 aromatic rings. The second-order valence-electron chi connectivity index (χ2n) is 6.33. The molecule has 0 spiro atoms. The fraction of sp³-hybridized carbons (Fsp3) is 0.333. The van der Waals surface area contributed by atoms with Gasteiger partial charge in [0.15, 0.2) is 0 Å². The molecule has 0 atom stereocenters. The Morgan fingerprint density at radius 2 is 1.93 bits per heavy atom. The lowest BCUT2D eigenvalue weighted by Gasteiger charge is -2.18. The maximum absolute atomic E-state index is 11.8. The molecule has 0 aliphatic carbocycles. The smallest absolute Gasteiger partial charge is 0.311 e. The van der Waals surface area contributed by atoms with Crippen LogP contribution < -0.4 is 4.74 Å². The Hall–Kier alpha value is -2.86. The van der Waals surface area contributed by atoms with Gasteiger partial charge in [-0.25, -0.2) is 0 Å². The second-order valence-corrected chi connectivity index (χ2v) is 6.33. The number of nitrogens with zero attached hydrogens (tertiary/aromatic N) is 1. The number of fused-ring (bicyclic) bond motifs is 1. The predicted molar refractivity (Wildman–Crippen MR) is 106 cm³/mol. The lowest BCUT2D eigenvalue weighted by atomic mass is 10.1. The summed E-state index contributed by atoms with van der Waals surface area (Å²) in [4.78, 5) is 27.8. The fourth-order valence-corrected chi connectivity index (χ4v) is 2.90. The highest BCUT2D eigenvalue weighted by atomic mass is 16.5. The predicted octanol–water partition coefficient (Wildman–Crippen LogP) is 3.54. The quantitative estimate of drug-likeness (QED) is 0.339. The van der Waals surface area contributed by atoms with Crippen molar-refractivity contribution >= 4 is 22.8 Å². The maximum Gasteiger partial charge on any atom is 0.311 e. The molecule has 6 nitrogen and oxygen atoms in total. The zero-order valence-corrected chi connectivity index (χ0v) is 15.4. The van der Waals surface area contributed by atoms with Crippen molar-refractivity contribution in [3.8, 4) is 5.75 Å². The summed E-state index contributed by atoms with van der Waals surface area (Å²) < 4.78 is 5.29. The maximum atomic E-state index is 11.8. The summed E-state index contributed by atoms with van der Waals surface area (Å²) in [5, 5.41) is 9.70. The molecule has 1 aromatic carbocycles. The first kappa shape index (κ1) is 20.5. The molecule has 0 radical (unpaired) electrons. The zero-order valence-electron chi connectivity index (χ0n) is 15.4. The summed E-state index contributed by atoms with van der Waals surface area (Å²) in [7, 11) is 0. The average molecular weight is 370 g/mol. The number of ether oxygens (including phenoxy) is 1. The molecule has 27 heavy (non-hydrogen) atoms. The van der Waals surface area contributed by atoms with Crippen LogP contribution in [0.3, 0.4) is 0 Å². The molecule has 1 heterocycles. The molecule has 0 saturated carbocycles. The van der Waals surface area contributed by atoms with E-state index < -0.39 is 11.9 Å². The van der Waals surface area contributed by atoms with Gasteiger partial charge in [0.25, 0.3) is 0 Å². The van der Waals surface area contributed by atoms with Gasteiger partial charge in [-0.15, -0.1) is 13.2 Å². The molecule has 1 aromatic heterocycles. The number of carboxylic acids is 1. The molecule has 0 saturated heterocycles.